The Hall–Kier alpha value is -1.87. The molecule has 2 aromatic carbocycles. The third-order valence-electron chi connectivity index (χ3n) is 2.37. The first-order valence-electron chi connectivity index (χ1n) is 5.33. The Balaban J connectivity index is 2.06. The van der Waals surface area contributed by atoms with Gasteiger partial charge in [-0.15, -0.1) is 0 Å². The summed E-state index contributed by atoms with van der Waals surface area (Å²) in [5.74, 6) is -0.567. The summed E-state index contributed by atoms with van der Waals surface area (Å²) in [6.45, 7) is -0.245. The zero-order valence-corrected chi connectivity index (χ0v) is 10.2. The van der Waals surface area contributed by atoms with E-state index in [2.05, 4.69) is 0 Å². The van der Waals surface area contributed by atoms with Gasteiger partial charge in [-0.2, -0.15) is 0 Å². The van der Waals surface area contributed by atoms with Gasteiger partial charge in [0.1, 0.15) is 11.6 Å². The zero-order chi connectivity index (χ0) is 13.0. The number of hydrogen-bond donors (Lipinski definition) is 0. The van der Waals surface area contributed by atoms with Gasteiger partial charge in [0.05, 0.1) is 10.6 Å². The number of ether oxygens (including phenoxy) is 1. The standard InChI is InChI=1S/C14H10ClFO2/c15-11-6-2-4-8-14(11)18-9-13(17)10-5-1-3-7-12(10)16/h1-8H,9H2. The molecule has 0 amide bonds. The zero-order valence-electron chi connectivity index (χ0n) is 9.40. The highest BCUT2D eigenvalue weighted by Crippen LogP contribution is 2.23. The molecule has 0 aliphatic carbocycles. The fraction of sp³-hybridized carbons (Fsp3) is 0.0714. The fourth-order valence-electron chi connectivity index (χ4n) is 1.47. The van der Waals surface area contributed by atoms with E-state index in [1.54, 1.807) is 30.3 Å². The summed E-state index contributed by atoms with van der Waals surface area (Å²) in [5.41, 5.74) is 0.0181. The van der Waals surface area contributed by atoms with Crippen LogP contribution >= 0.6 is 11.6 Å². The van der Waals surface area contributed by atoms with Crippen LogP contribution in [0.1, 0.15) is 10.4 Å². The molecule has 4 heteroatoms. The molecule has 2 nitrogen and oxygen atoms in total. The van der Waals surface area contributed by atoms with Crippen molar-refractivity contribution in [2.24, 2.45) is 0 Å². The Morgan fingerprint density at radius 1 is 1.11 bits per heavy atom. The van der Waals surface area contributed by atoms with Gasteiger partial charge in [-0.25, -0.2) is 4.39 Å². The van der Waals surface area contributed by atoms with Gasteiger partial charge in [0.25, 0.3) is 0 Å². The molecule has 0 atom stereocenters. The Bertz CT molecular complexity index is 569. The van der Waals surface area contributed by atoms with E-state index < -0.39 is 11.6 Å². The minimum atomic E-state index is -0.551. The smallest absolute Gasteiger partial charge is 0.203 e. The Kier molecular flexibility index (Phi) is 3.95. The number of para-hydroxylation sites is 1. The molecular weight excluding hydrogens is 255 g/mol. The number of hydrogen-bond acceptors (Lipinski definition) is 2. The molecule has 0 aliphatic rings. The first kappa shape index (κ1) is 12.6. The number of ketones is 1. The predicted octanol–water partition coefficient (Wildman–Crippen LogP) is 3.74. The molecule has 0 aromatic heterocycles. The van der Waals surface area contributed by atoms with Crippen molar-refractivity contribution in [3.63, 3.8) is 0 Å². The quantitative estimate of drug-likeness (QED) is 0.787. The van der Waals surface area contributed by atoms with Crippen molar-refractivity contribution in [2.45, 2.75) is 0 Å². The van der Waals surface area contributed by atoms with Gasteiger partial charge >= 0.3 is 0 Å². The van der Waals surface area contributed by atoms with E-state index in [0.29, 0.717) is 10.8 Å². The molecule has 0 unspecified atom stereocenters. The second-order valence-electron chi connectivity index (χ2n) is 3.62. The number of Topliss-reactive ketones (excluding diaryl/α,β-unsaturated/α-hetero) is 1. The van der Waals surface area contributed by atoms with E-state index in [-0.39, 0.29) is 12.2 Å². The number of carbonyl (C=O) groups excluding carboxylic acids is 1. The molecule has 18 heavy (non-hydrogen) atoms. The van der Waals surface area contributed by atoms with Crippen molar-refractivity contribution in [3.05, 3.63) is 64.9 Å². The van der Waals surface area contributed by atoms with E-state index in [4.69, 9.17) is 16.3 Å². The molecule has 0 radical (unpaired) electrons. The van der Waals surface area contributed by atoms with Crippen molar-refractivity contribution in [3.8, 4) is 5.75 Å². The summed E-state index contributed by atoms with van der Waals surface area (Å²) in [6.07, 6.45) is 0. The van der Waals surface area contributed by atoms with Crippen LogP contribution in [0.25, 0.3) is 0 Å². The summed E-state index contributed by atoms with van der Waals surface area (Å²) in [5, 5.41) is 0.416. The van der Waals surface area contributed by atoms with Gasteiger partial charge < -0.3 is 4.74 Å². The van der Waals surface area contributed by atoms with Crippen LogP contribution in [-0.2, 0) is 0 Å². The molecule has 0 saturated heterocycles. The van der Waals surface area contributed by atoms with Gasteiger partial charge in [0, 0.05) is 0 Å². The van der Waals surface area contributed by atoms with E-state index in [1.807, 2.05) is 0 Å². The highest BCUT2D eigenvalue weighted by Gasteiger charge is 2.12. The monoisotopic (exact) mass is 264 g/mol. The SMILES string of the molecule is O=C(COc1ccccc1Cl)c1ccccc1F. The van der Waals surface area contributed by atoms with Crippen LogP contribution in [0.3, 0.4) is 0 Å². The van der Waals surface area contributed by atoms with Crippen molar-refractivity contribution in [2.75, 3.05) is 6.61 Å². The minimum Gasteiger partial charge on any atom is -0.484 e. The molecule has 2 rings (SSSR count). The highest BCUT2D eigenvalue weighted by atomic mass is 35.5. The second kappa shape index (κ2) is 5.65. The van der Waals surface area contributed by atoms with Crippen LogP contribution in [-0.4, -0.2) is 12.4 Å². The molecule has 0 fully saturated rings. The van der Waals surface area contributed by atoms with Crippen LogP contribution in [0, 0.1) is 5.82 Å². The van der Waals surface area contributed by atoms with Gasteiger partial charge in [-0.1, -0.05) is 35.9 Å². The van der Waals surface area contributed by atoms with Gasteiger partial charge in [-0.05, 0) is 24.3 Å². The maximum atomic E-state index is 13.3. The molecule has 2 aromatic rings. The van der Waals surface area contributed by atoms with Crippen molar-refractivity contribution in [1.82, 2.24) is 0 Å². The van der Waals surface area contributed by atoms with Crippen LogP contribution in [0.15, 0.2) is 48.5 Å². The van der Waals surface area contributed by atoms with Crippen molar-refractivity contribution in [1.29, 1.82) is 0 Å². The lowest BCUT2D eigenvalue weighted by Gasteiger charge is -2.07. The lowest BCUT2D eigenvalue weighted by Crippen LogP contribution is -2.13. The van der Waals surface area contributed by atoms with E-state index in [0.717, 1.165) is 0 Å². The lowest BCUT2D eigenvalue weighted by atomic mass is 10.1. The first-order valence-corrected chi connectivity index (χ1v) is 5.71. The van der Waals surface area contributed by atoms with Crippen LogP contribution in [0.4, 0.5) is 4.39 Å². The van der Waals surface area contributed by atoms with Gasteiger partial charge in [0.15, 0.2) is 6.61 Å². The highest BCUT2D eigenvalue weighted by molar-refractivity contribution is 6.32. The summed E-state index contributed by atoms with van der Waals surface area (Å²) in [4.78, 5) is 11.7. The first-order chi connectivity index (χ1) is 8.68. The molecule has 0 saturated carbocycles. The van der Waals surface area contributed by atoms with Crippen molar-refractivity contribution >= 4 is 17.4 Å². The lowest BCUT2D eigenvalue weighted by molar-refractivity contribution is 0.0917. The number of rotatable bonds is 4. The Morgan fingerprint density at radius 3 is 2.50 bits per heavy atom. The van der Waals surface area contributed by atoms with Gasteiger partial charge in [0.2, 0.25) is 5.78 Å². The molecule has 0 bridgehead atoms. The fourth-order valence-corrected chi connectivity index (χ4v) is 1.66. The van der Waals surface area contributed by atoms with Crippen LogP contribution in [0.5, 0.6) is 5.75 Å². The van der Waals surface area contributed by atoms with E-state index in [9.17, 15) is 9.18 Å². The molecular formula is C14H10ClFO2. The normalized spacial score (nSPS) is 10.1. The molecule has 0 heterocycles. The van der Waals surface area contributed by atoms with Gasteiger partial charge in [-0.3, -0.25) is 4.79 Å². The van der Waals surface area contributed by atoms with Crippen molar-refractivity contribution < 1.29 is 13.9 Å². The maximum Gasteiger partial charge on any atom is 0.203 e. The predicted molar refractivity (Wildman–Crippen MR) is 67.7 cm³/mol. The second-order valence-corrected chi connectivity index (χ2v) is 4.03. The number of carbonyl (C=O) groups is 1. The Labute approximate surface area is 109 Å². The number of halogens is 2. The largest absolute Gasteiger partial charge is 0.484 e. The summed E-state index contributed by atoms with van der Waals surface area (Å²) < 4.78 is 18.6. The average molecular weight is 265 g/mol. The third kappa shape index (κ3) is 2.87. The molecule has 92 valence electrons. The summed E-state index contributed by atoms with van der Waals surface area (Å²) in [6, 6.07) is 12.6. The topological polar surface area (TPSA) is 26.3 Å². The van der Waals surface area contributed by atoms with E-state index >= 15 is 0 Å². The summed E-state index contributed by atoms with van der Waals surface area (Å²) in [7, 11) is 0. The van der Waals surface area contributed by atoms with Crippen LogP contribution < -0.4 is 4.74 Å². The molecule has 0 N–H and O–H groups in total. The van der Waals surface area contributed by atoms with Crippen LogP contribution in [0.2, 0.25) is 5.02 Å². The molecule has 0 aliphatic heterocycles. The summed E-state index contributed by atoms with van der Waals surface area (Å²) >= 11 is 5.87. The molecule has 0 spiro atoms. The number of benzene rings is 2. The van der Waals surface area contributed by atoms with E-state index in [1.165, 1.54) is 18.2 Å². The third-order valence-corrected chi connectivity index (χ3v) is 2.68. The average Bonchev–Trinajstić information content (AvgIpc) is 2.38. The minimum absolute atomic E-state index is 0.0181. The Morgan fingerprint density at radius 2 is 1.78 bits per heavy atom. The maximum absolute atomic E-state index is 13.3.